The van der Waals surface area contributed by atoms with E-state index in [1.165, 1.54) is 0 Å². The third-order valence-electron chi connectivity index (χ3n) is 4.15. The molecule has 2 atom stereocenters. The second-order valence-electron chi connectivity index (χ2n) is 6.16. The van der Waals surface area contributed by atoms with Crippen LogP contribution in [-0.4, -0.2) is 30.6 Å². The highest BCUT2D eigenvalue weighted by Crippen LogP contribution is 2.13. The molecule has 6 nitrogen and oxygen atoms in total. The number of nitrogens with two attached hydrogens (primary N) is 3. The van der Waals surface area contributed by atoms with Crippen LogP contribution in [-0.2, 0) is 9.59 Å². The van der Waals surface area contributed by atoms with Crippen LogP contribution in [0.15, 0.2) is 4.99 Å². The first kappa shape index (κ1) is 32.8. The normalized spacial score (nSPS) is 11.6. The number of Topliss-reactive ketones (excluding diaryl/α,β-unsaturated/α-hetero) is 2. The topological polar surface area (TPSA) is 125 Å². The summed E-state index contributed by atoms with van der Waals surface area (Å²) in [6.07, 6.45) is 6.77. The molecule has 0 aliphatic carbocycles. The summed E-state index contributed by atoms with van der Waals surface area (Å²) in [5.41, 5.74) is 15.7. The van der Waals surface area contributed by atoms with Gasteiger partial charge in [-0.3, -0.25) is 14.6 Å². The average molecular weight is 415 g/mol. The van der Waals surface area contributed by atoms with Crippen LogP contribution in [0, 0.1) is 11.8 Å². The Bertz CT molecular complexity index is 376. The molecule has 0 saturated carbocycles. The van der Waals surface area contributed by atoms with Crippen LogP contribution < -0.4 is 17.2 Å². The van der Waals surface area contributed by atoms with E-state index in [0.29, 0.717) is 12.3 Å². The number of halogens is 2. The molecule has 0 unspecified atom stereocenters. The van der Waals surface area contributed by atoms with E-state index < -0.39 is 0 Å². The third kappa shape index (κ3) is 21.2. The highest BCUT2D eigenvalue weighted by Gasteiger charge is 2.10. The first-order chi connectivity index (χ1) is 11.3. The van der Waals surface area contributed by atoms with Gasteiger partial charge >= 0.3 is 0 Å². The van der Waals surface area contributed by atoms with Crippen LogP contribution >= 0.6 is 24.8 Å². The number of hydrogen-bond acceptors (Lipinski definition) is 4. The van der Waals surface area contributed by atoms with Gasteiger partial charge in [0.15, 0.2) is 5.96 Å². The number of rotatable bonds is 12. The average Bonchev–Trinajstić information content (AvgIpc) is 2.51. The summed E-state index contributed by atoms with van der Waals surface area (Å²) in [7, 11) is 0. The molecule has 0 radical (unpaired) electrons. The van der Waals surface area contributed by atoms with Gasteiger partial charge in [0.1, 0.15) is 11.6 Å². The molecule has 0 fully saturated rings. The molecule has 26 heavy (non-hydrogen) atoms. The third-order valence-corrected chi connectivity index (χ3v) is 4.15. The standard InChI is InChI=1S/C9H19N3O.C9H19NO.2ClH/c1-3-8(7(2)13)5-4-6-12-9(10)11;1-3-9(8(2)11)6-4-5-7-10;;/h8H,3-6H2,1-2H3,(H4,10,11,12);9H,3-7,10H2,1-2H3;2*1H/t8-;9-;;/m00../s1. The van der Waals surface area contributed by atoms with Crippen LogP contribution in [0.5, 0.6) is 0 Å². The van der Waals surface area contributed by atoms with Crippen LogP contribution in [0.25, 0.3) is 0 Å². The van der Waals surface area contributed by atoms with E-state index in [0.717, 1.165) is 51.5 Å². The van der Waals surface area contributed by atoms with Gasteiger partial charge in [0.25, 0.3) is 0 Å². The monoisotopic (exact) mass is 414 g/mol. The summed E-state index contributed by atoms with van der Waals surface area (Å²) in [4.78, 5) is 25.8. The Morgan fingerprint density at radius 2 is 1.27 bits per heavy atom. The van der Waals surface area contributed by atoms with E-state index in [1.54, 1.807) is 13.8 Å². The summed E-state index contributed by atoms with van der Waals surface area (Å²) in [6.45, 7) is 8.76. The molecule has 8 heteroatoms. The highest BCUT2D eigenvalue weighted by molar-refractivity contribution is 5.85. The van der Waals surface area contributed by atoms with Gasteiger partial charge in [-0.1, -0.05) is 20.3 Å². The summed E-state index contributed by atoms with van der Waals surface area (Å²) in [5, 5.41) is 0. The van der Waals surface area contributed by atoms with Crippen molar-refractivity contribution in [3.05, 3.63) is 0 Å². The Labute approximate surface area is 171 Å². The Morgan fingerprint density at radius 1 is 0.846 bits per heavy atom. The van der Waals surface area contributed by atoms with Crippen LogP contribution in [0.1, 0.15) is 72.6 Å². The van der Waals surface area contributed by atoms with Crippen molar-refractivity contribution in [3.8, 4) is 0 Å². The van der Waals surface area contributed by atoms with Crippen molar-refractivity contribution in [1.29, 1.82) is 0 Å². The van der Waals surface area contributed by atoms with Gasteiger partial charge in [-0.25, -0.2) is 0 Å². The number of hydrogen-bond donors (Lipinski definition) is 3. The maximum atomic E-state index is 11.0. The van der Waals surface area contributed by atoms with Crippen molar-refractivity contribution in [2.75, 3.05) is 13.1 Å². The van der Waals surface area contributed by atoms with E-state index in [1.807, 2.05) is 6.92 Å². The fourth-order valence-electron chi connectivity index (χ4n) is 2.47. The Hall–Kier alpha value is -0.850. The van der Waals surface area contributed by atoms with Crippen molar-refractivity contribution >= 4 is 42.3 Å². The SMILES string of the molecule is CC[C@@H](CCCCN)C(C)=O.CC[C@@H](CCCN=C(N)N)C(C)=O.Cl.Cl. The maximum Gasteiger partial charge on any atom is 0.185 e. The maximum absolute atomic E-state index is 11.0. The molecular formula is C18H40Cl2N4O2. The molecule has 158 valence electrons. The molecule has 0 heterocycles. The summed E-state index contributed by atoms with van der Waals surface area (Å²) < 4.78 is 0. The zero-order chi connectivity index (χ0) is 19.0. The smallest absolute Gasteiger partial charge is 0.185 e. The summed E-state index contributed by atoms with van der Waals surface area (Å²) in [5.74, 6) is 1.16. The fraction of sp³-hybridized carbons (Fsp3) is 0.833. The number of carbonyl (C=O) groups excluding carboxylic acids is 2. The lowest BCUT2D eigenvalue weighted by Gasteiger charge is -2.09. The molecule has 0 saturated heterocycles. The zero-order valence-electron chi connectivity index (χ0n) is 16.8. The van der Waals surface area contributed by atoms with Gasteiger partial charge in [0.05, 0.1) is 0 Å². The summed E-state index contributed by atoms with van der Waals surface area (Å²) >= 11 is 0. The Balaban J connectivity index is -0.000000175. The molecule has 0 aromatic rings. The van der Waals surface area contributed by atoms with Crippen molar-refractivity contribution in [2.24, 2.45) is 34.0 Å². The Kier molecular flexibility index (Phi) is 28.0. The predicted molar refractivity (Wildman–Crippen MR) is 116 cm³/mol. The Morgan fingerprint density at radius 3 is 1.58 bits per heavy atom. The van der Waals surface area contributed by atoms with Gasteiger partial charge < -0.3 is 17.2 Å². The molecular weight excluding hydrogens is 375 g/mol. The second kappa shape index (κ2) is 22.2. The molecule has 0 rings (SSSR count). The van der Waals surface area contributed by atoms with Gasteiger partial charge in [-0.15, -0.1) is 24.8 Å². The molecule has 0 aliphatic heterocycles. The van der Waals surface area contributed by atoms with E-state index in [-0.39, 0.29) is 48.4 Å². The van der Waals surface area contributed by atoms with E-state index in [4.69, 9.17) is 17.2 Å². The fourth-order valence-corrected chi connectivity index (χ4v) is 2.47. The number of carbonyl (C=O) groups is 2. The molecule has 0 aliphatic rings. The highest BCUT2D eigenvalue weighted by atomic mass is 35.5. The van der Waals surface area contributed by atoms with E-state index in [9.17, 15) is 9.59 Å². The van der Waals surface area contributed by atoms with Crippen LogP contribution in [0.2, 0.25) is 0 Å². The largest absolute Gasteiger partial charge is 0.370 e. The minimum Gasteiger partial charge on any atom is -0.370 e. The minimum atomic E-state index is 0. The van der Waals surface area contributed by atoms with Crippen LogP contribution in [0.3, 0.4) is 0 Å². The van der Waals surface area contributed by atoms with Crippen LogP contribution in [0.4, 0.5) is 0 Å². The molecule has 0 amide bonds. The number of guanidine groups is 1. The lowest BCUT2D eigenvalue weighted by Crippen LogP contribution is -2.23. The quantitative estimate of drug-likeness (QED) is 0.256. The first-order valence-corrected chi connectivity index (χ1v) is 9.06. The van der Waals surface area contributed by atoms with Gasteiger partial charge in [-0.2, -0.15) is 0 Å². The number of ketones is 2. The van der Waals surface area contributed by atoms with Gasteiger partial charge in [-0.05, 0) is 58.9 Å². The van der Waals surface area contributed by atoms with Crippen molar-refractivity contribution < 1.29 is 9.59 Å². The van der Waals surface area contributed by atoms with Crippen molar-refractivity contribution in [3.63, 3.8) is 0 Å². The predicted octanol–water partition coefficient (Wildman–Crippen LogP) is 3.23. The van der Waals surface area contributed by atoms with Crippen molar-refractivity contribution in [1.82, 2.24) is 0 Å². The molecule has 0 spiro atoms. The molecule has 0 aromatic carbocycles. The summed E-state index contributed by atoms with van der Waals surface area (Å²) in [6, 6.07) is 0. The number of aliphatic imine (C=N–C) groups is 1. The lowest BCUT2D eigenvalue weighted by molar-refractivity contribution is -0.121. The molecule has 0 bridgehead atoms. The second-order valence-corrected chi connectivity index (χ2v) is 6.16. The van der Waals surface area contributed by atoms with Crippen molar-refractivity contribution in [2.45, 2.75) is 72.6 Å². The first-order valence-electron chi connectivity index (χ1n) is 9.06. The molecule has 6 N–H and O–H groups in total. The lowest BCUT2D eigenvalue weighted by atomic mass is 9.96. The molecule has 0 aromatic heterocycles. The van der Waals surface area contributed by atoms with E-state index >= 15 is 0 Å². The van der Waals surface area contributed by atoms with E-state index in [2.05, 4.69) is 11.9 Å². The number of unbranched alkanes of at least 4 members (excludes halogenated alkanes) is 1. The van der Waals surface area contributed by atoms with Gasteiger partial charge in [0, 0.05) is 18.4 Å². The minimum absolute atomic E-state index is 0. The van der Waals surface area contributed by atoms with Gasteiger partial charge in [0.2, 0.25) is 0 Å². The number of nitrogens with zero attached hydrogens (tertiary/aromatic N) is 1. The zero-order valence-corrected chi connectivity index (χ0v) is 18.5.